The number of hydrogen-bond acceptors (Lipinski definition) is 5. The van der Waals surface area contributed by atoms with Gasteiger partial charge in [0.05, 0.1) is 13.2 Å². The van der Waals surface area contributed by atoms with Crippen LogP contribution in [0.15, 0.2) is 54.9 Å². The van der Waals surface area contributed by atoms with Crippen molar-refractivity contribution >= 4 is 11.8 Å². The van der Waals surface area contributed by atoms with Crippen molar-refractivity contribution in [1.82, 2.24) is 20.7 Å². The highest BCUT2D eigenvalue weighted by Crippen LogP contribution is 2.31. The van der Waals surface area contributed by atoms with Gasteiger partial charge in [-0.05, 0) is 50.1 Å². The molecule has 2 unspecified atom stereocenters. The summed E-state index contributed by atoms with van der Waals surface area (Å²) < 4.78 is 5.22. The number of benzene rings is 2. The molecule has 0 bridgehead atoms. The van der Waals surface area contributed by atoms with E-state index in [1.165, 1.54) is 0 Å². The number of nitrogens with zero attached hydrogens (tertiary/aromatic N) is 2. The van der Waals surface area contributed by atoms with Gasteiger partial charge in [0.15, 0.2) is 0 Å². The first-order chi connectivity index (χ1) is 14.9. The number of aryl methyl sites for hydroxylation is 2. The van der Waals surface area contributed by atoms with E-state index in [9.17, 15) is 9.59 Å². The van der Waals surface area contributed by atoms with Crippen molar-refractivity contribution in [2.24, 2.45) is 0 Å². The third-order valence-electron chi connectivity index (χ3n) is 5.72. The third kappa shape index (κ3) is 4.56. The van der Waals surface area contributed by atoms with Gasteiger partial charge in [0.1, 0.15) is 11.8 Å². The van der Waals surface area contributed by atoms with E-state index in [1.807, 2.05) is 67.5 Å². The molecule has 7 nitrogen and oxygen atoms in total. The lowest BCUT2D eigenvalue weighted by Gasteiger charge is -2.31. The average molecular weight is 421 g/mol. The van der Waals surface area contributed by atoms with Crippen LogP contribution in [0, 0.1) is 13.8 Å². The van der Waals surface area contributed by atoms with Gasteiger partial charge in [-0.1, -0.05) is 29.3 Å². The molecule has 2 aromatic carbocycles. The summed E-state index contributed by atoms with van der Waals surface area (Å²) in [6, 6.07) is 13.5. The summed E-state index contributed by atoms with van der Waals surface area (Å²) in [4.78, 5) is 27.1. The van der Waals surface area contributed by atoms with Gasteiger partial charge in [-0.25, -0.2) is 5.43 Å². The van der Waals surface area contributed by atoms with Crippen LogP contribution in [0.5, 0.6) is 5.75 Å². The van der Waals surface area contributed by atoms with Crippen LogP contribution < -0.4 is 15.5 Å². The Hall–Kier alpha value is -3.32. The molecule has 2 aliphatic rings. The van der Waals surface area contributed by atoms with Gasteiger partial charge in [0.25, 0.3) is 11.8 Å². The standard InChI is InChI=1S/C24H28N4O3/c1-16-12-17(2)14-19(13-16)23(29)25-8-9-27-10-11-28-22(24(27)30)15-21(26-28)18-4-6-20(31-3)7-5-18/h4-7,10-14,21-22,26H,8-9,15H2,1-3H3,(H,25,29). The first kappa shape index (κ1) is 20.9. The number of methoxy groups -OCH3 is 1. The second-order valence-electron chi connectivity index (χ2n) is 8.08. The largest absolute Gasteiger partial charge is 0.497 e. The highest BCUT2D eigenvalue weighted by atomic mass is 16.5. The van der Waals surface area contributed by atoms with Crippen molar-refractivity contribution in [1.29, 1.82) is 0 Å². The smallest absolute Gasteiger partial charge is 0.251 e. The first-order valence-electron chi connectivity index (χ1n) is 10.5. The maximum Gasteiger partial charge on any atom is 0.251 e. The van der Waals surface area contributed by atoms with Gasteiger partial charge >= 0.3 is 0 Å². The molecular formula is C24H28N4O3. The van der Waals surface area contributed by atoms with Gasteiger partial charge in [-0.2, -0.15) is 0 Å². The van der Waals surface area contributed by atoms with E-state index in [2.05, 4.69) is 10.7 Å². The molecule has 4 rings (SSSR count). The second kappa shape index (κ2) is 8.81. The first-order valence-corrected chi connectivity index (χ1v) is 10.5. The molecule has 7 heteroatoms. The summed E-state index contributed by atoms with van der Waals surface area (Å²) >= 11 is 0. The topological polar surface area (TPSA) is 73.9 Å². The van der Waals surface area contributed by atoms with Crippen molar-refractivity contribution in [2.75, 3.05) is 20.2 Å². The Balaban J connectivity index is 1.32. The van der Waals surface area contributed by atoms with Gasteiger partial charge in [0.2, 0.25) is 0 Å². The third-order valence-corrected chi connectivity index (χ3v) is 5.72. The Bertz CT molecular complexity index is 982. The predicted octanol–water partition coefficient (Wildman–Crippen LogP) is 2.68. The van der Waals surface area contributed by atoms with Crippen LogP contribution in [0.1, 0.15) is 39.5 Å². The number of ether oxygens (including phenoxy) is 1. The Morgan fingerprint density at radius 1 is 1.13 bits per heavy atom. The van der Waals surface area contributed by atoms with E-state index in [4.69, 9.17) is 4.74 Å². The number of hydrogen-bond donors (Lipinski definition) is 2. The monoisotopic (exact) mass is 420 g/mol. The van der Waals surface area contributed by atoms with E-state index in [-0.39, 0.29) is 23.9 Å². The molecule has 2 N–H and O–H groups in total. The van der Waals surface area contributed by atoms with Crippen LogP contribution in [0.4, 0.5) is 0 Å². The fraction of sp³-hybridized carbons (Fsp3) is 0.333. The maximum atomic E-state index is 13.0. The number of rotatable bonds is 6. The van der Waals surface area contributed by atoms with Gasteiger partial charge in [-0.15, -0.1) is 0 Å². The Morgan fingerprint density at radius 3 is 2.52 bits per heavy atom. The van der Waals surface area contributed by atoms with E-state index < -0.39 is 0 Å². The summed E-state index contributed by atoms with van der Waals surface area (Å²) in [7, 11) is 1.64. The van der Waals surface area contributed by atoms with Crippen molar-refractivity contribution in [3.8, 4) is 5.75 Å². The fourth-order valence-electron chi connectivity index (χ4n) is 4.17. The van der Waals surface area contributed by atoms with E-state index >= 15 is 0 Å². The van der Waals surface area contributed by atoms with Crippen LogP contribution >= 0.6 is 0 Å². The normalized spacial score (nSPS) is 20.0. The van der Waals surface area contributed by atoms with Crippen molar-refractivity contribution in [2.45, 2.75) is 32.4 Å². The number of nitrogens with one attached hydrogen (secondary N) is 2. The molecule has 2 aliphatic heterocycles. The molecule has 162 valence electrons. The summed E-state index contributed by atoms with van der Waals surface area (Å²) in [6.45, 7) is 4.77. The highest BCUT2D eigenvalue weighted by molar-refractivity contribution is 5.94. The van der Waals surface area contributed by atoms with E-state index in [1.54, 1.807) is 18.2 Å². The zero-order valence-corrected chi connectivity index (χ0v) is 18.1. The number of fused-ring (bicyclic) bond motifs is 1. The lowest BCUT2D eigenvalue weighted by atomic mass is 10.0. The predicted molar refractivity (Wildman–Crippen MR) is 118 cm³/mol. The summed E-state index contributed by atoms with van der Waals surface area (Å²) in [6.07, 6.45) is 4.34. The van der Waals surface area contributed by atoms with Crippen molar-refractivity contribution in [3.63, 3.8) is 0 Å². The SMILES string of the molecule is COc1ccc(C2CC3C(=O)N(CCNC(=O)c4cc(C)cc(C)c4)C=CN3N2)cc1. The Kier molecular flexibility index (Phi) is 5.95. The summed E-state index contributed by atoms with van der Waals surface area (Å²) in [5.41, 5.74) is 7.26. The zero-order chi connectivity index (χ0) is 22.0. The zero-order valence-electron chi connectivity index (χ0n) is 18.1. The maximum absolute atomic E-state index is 13.0. The molecule has 1 fully saturated rings. The molecule has 0 spiro atoms. The molecule has 0 aliphatic carbocycles. The van der Waals surface area contributed by atoms with Gasteiger partial charge in [0, 0.05) is 31.1 Å². The number of hydrazine groups is 1. The van der Waals surface area contributed by atoms with E-state index in [0.29, 0.717) is 25.1 Å². The summed E-state index contributed by atoms with van der Waals surface area (Å²) in [5, 5.41) is 4.80. The van der Waals surface area contributed by atoms with Crippen LogP contribution in [-0.4, -0.2) is 48.0 Å². The van der Waals surface area contributed by atoms with Gasteiger partial charge in [-0.3, -0.25) is 9.59 Å². The Morgan fingerprint density at radius 2 is 1.84 bits per heavy atom. The molecule has 2 amide bonds. The molecular weight excluding hydrogens is 392 g/mol. The van der Waals surface area contributed by atoms with Gasteiger partial charge < -0.3 is 20.0 Å². The molecule has 2 atom stereocenters. The van der Waals surface area contributed by atoms with E-state index in [0.717, 1.165) is 22.4 Å². The molecule has 1 saturated heterocycles. The average Bonchev–Trinajstić information content (AvgIpc) is 3.20. The number of carbonyl (C=O) groups excluding carboxylic acids is 2. The minimum Gasteiger partial charge on any atom is -0.497 e. The molecule has 2 aromatic rings. The second-order valence-corrected chi connectivity index (χ2v) is 8.08. The molecule has 0 aromatic heterocycles. The van der Waals surface area contributed by atoms with Crippen LogP contribution in [-0.2, 0) is 4.79 Å². The molecule has 0 radical (unpaired) electrons. The minimum absolute atomic E-state index is 0.0339. The fourth-order valence-corrected chi connectivity index (χ4v) is 4.17. The lowest BCUT2D eigenvalue weighted by Crippen LogP contribution is -2.49. The highest BCUT2D eigenvalue weighted by Gasteiger charge is 2.39. The summed E-state index contributed by atoms with van der Waals surface area (Å²) in [5.74, 6) is 0.722. The molecule has 2 heterocycles. The number of amides is 2. The molecule has 31 heavy (non-hydrogen) atoms. The van der Waals surface area contributed by atoms with Crippen molar-refractivity contribution < 1.29 is 14.3 Å². The number of carbonyl (C=O) groups is 2. The minimum atomic E-state index is -0.257. The quantitative estimate of drug-likeness (QED) is 0.752. The van der Waals surface area contributed by atoms with Crippen molar-refractivity contribution in [3.05, 3.63) is 77.1 Å². The Labute approximate surface area is 182 Å². The van der Waals surface area contributed by atoms with Crippen LogP contribution in [0.25, 0.3) is 0 Å². The van der Waals surface area contributed by atoms with Crippen LogP contribution in [0.2, 0.25) is 0 Å². The molecule has 0 saturated carbocycles. The van der Waals surface area contributed by atoms with Crippen LogP contribution in [0.3, 0.4) is 0 Å². The lowest BCUT2D eigenvalue weighted by molar-refractivity contribution is -0.134.